The molecule has 2 spiro atoms. The molecule has 188 valence electrons. The highest BCUT2D eigenvalue weighted by Gasteiger charge is 2.78. The molecule has 7 rings (SSSR count). The number of likely N-dealkylation sites (tertiary alicyclic amines) is 1. The van der Waals surface area contributed by atoms with Crippen LogP contribution in [-0.4, -0.2) is 30.2 Å². The number of fused-ring (bicyclic) bond motifs is 4. The molecule has 5 heteroatoms. The molecular weight excluding hydrogens is 472 g/mol. The molecule has 3 aliphatic rings. The molecular formula is C33H28N2O3. The lowest BCUT2D eigenvalue weighted by molar-refractivity contribution is -0.135. The van der Waals surface area contributed by atoms with Crippen molar-refractivity contribution in [2.45, 2.75) is 24.5 Å². The van der Waals surface area contributed by atoms with Crippen molar-refractivity contribution in [2.75, 3.05) is 18.9 Å². The van der Waals surface area contributed by atoms with Crippen molar-refractivity contribution < 1.29 is 14.3 Å². The third kappa shape index (κ3) is 2.74. The van der Waals surface area contributed by atoms with Gasteiger partial charge in [-0.2, -0.15) is 0 Å². The molecule has 0 aliphatic carbocycles. The van der Waals surface area contributed by atoms with E-state index in [0.29, 0.717) is 17.9 Å². The molecule has 1 unspecified atom stereocenters. The Balaban J connectivity index is 1.63. The highest BCUT2D eigenvalue weighted by molar-refractivity contribution is 6.15. The first-order valence-corrected chi connectivity index (χ1v) is 13.0. The molecule has 1 fully saturated rings. The Morgan fingerprint density at radius 1 is 0.816 bits per heavy atom. The number of nitrogens with zero attached hydrogens (tertiary/aromatic N) is 1. The van der Waals surface area contributed by atoms with Gasteiger partial charge in [-0.3, -0.25) is 14.5 Å². The molecule has 3 heterocycles. The van der Waals surface area contributed by atoms with Crippen molar-refractivity contribution in [3.63, 3.8) is 0 Å². The standard InChI is InChI=1S/C33H28N2O3/c1-21-16-18-22(19-17-21)26-20-35(2)33(25-13-7-8-14-27(25)34-31(33)37)32(26)29(36)24-12-6-9-15-28(24)38-30(32)23-10-4-3-5-11-23/h3-19,26,30H,20H2,1-2H3,(H,34,37)/t26-,30?,32-,33+/m0/s1. The fraction of sp³-hybridized carbons (Fsp3) is 0.212. The first-order valence-electron chi connectivity index (χ1n) is 13.0. The number of hydrogen-bond donors (Lipinski definition) is 1. The molecule has 1 saturated heterocycles. The van der Waals surface area contributed by atoms with Crippen molar-refractivity contribution in [3.8, 4) is 5.75 Å². The molecule has 1 N–H and O–H groups in total. The fourth-order valence-corrected chi connectivity index (χ4v) is 7.29. The molecule has 0 bridgehead atoms. The maximum Gasteiger partial charge on any atom is 0.250 e. The zero-order valence-corrected chi connectivity index (χ0v) is 21.3. The third-order valence-electron chi connectivity index (χ3n) is 8.82. The van der Waals surface area contributed by atoms with Crippen molar-refractivity contribution in [3.05, 3.63) is 131 Å². The van der Waals surface area contributed by atoms with E-state index in [9.17, 15) is 4.79 Å². The molecule has 4 atom stereocenters. The largest absolute Gasteiger partial charge is 0.484 e. The van der Waals surface area contributed by atoms with Crippen LogP contribution in [0.4, 0.5) is 5.69 Å². The number of carbonyl (C=O) groups is 2. The normalized spacial score (nSPS) is 27.7. The summed E-state index contributed by atoms with van der Waals surface area (Å²) in [4.78, 5) is 31.8. The highest BCUT2D eigenvalue weighted by Crippen LogP contribution is 2.69. The summed E-state index contributed by atoms with van der Waals surface area (Å²) in [6.07, 6.45) is -0.695. The first-order chi connectivity index (χ1) is 18.5. The second kappa shape index (κ2) is 8.14. The molecule has 1 amide bonds. The van der Waals surface area contributed by atoms with Crippen LogP contribution in [0.3, 0.4) is 0 Å². The summed E-state index contributed by atoms with van der Waals surface area (Å²) in [6.45, 7) is 2.58. The van der Waals surface area contributed by atoms with Crippen LogP contribution in [-0.2, 0) is 10.3 Å². The number of hydrogen-bond acceptors (Lipinski definition) is 4. The van der Waals surface area contributed by atoms with E-state index >= 15 is 4.79 Å². The first kappa shape index (κ1) is 22.9. The lowest BCUT2D eigenvalue weighted by atomic mass is 9.53. The van der Waals surface area contributed by atoms with Gasteiger partial charge < -0.3 is 10.1 Å². The number of anilines is 1. The number of para-hydroxylation sites is 2. The number of amides is 1. The molecule has 0 radical (unpaired) electrons. The van der Waals surface area contributed by atoms with Crippen LogP contribution >= 0.6 is 0 Å². The van der Waals surface area contributed by atoms with E-state index in [1.165, 1.54) is 0 Å². The minimum atomic E-state index is -1.27. The lowest BCUT2D eigenvalue weighted by Crippen LogP contribution is -2.63. The SMILES string of the molecule is Cc1ccc([C@@H]2CN(C)[C@]3(C(=O)Nc4ccccc43)[C@]23C(=O)c2ccccc2OC3c2ccccc2)cc1. The van der Waals surface area contributed by atoms with Crippen LogP contribution in [0.25, 0.3) is 0 Å². The Kier molecular flexibility index (Phi) is 4.91. The Hall–Kier alpha value is -4.22. The zero-order chi connectivity index (χ0) is 26.1. The minimum Gasteiger partial charge on any atom is -0.484 e. The predicted molar refractivity (Wildman–Crippen MR) is 146 cm³/mol. The van der Waals surface area contributed by atoms with Crippen LogP contribution in [0.2, 0.25) is 0 Å². The number of carbonyl (C=O) groups excluding carboxylic acids is 2. The van der Waals surface area contributed by atoms with Crippen LogP contribution < -0.4 is 10.1 Å². The van der Waals surface area contributed by atoms with Crippen molar-refractivity contribution >= 4 is 17.4 Å². The number of rotatable bonds is 2. The van der Waals surface area contributed by atoms with E-state index in [0.717, 1.165) is 27.9 Å². The van der Waals surface area contributed by atoms with E-state index in [1.54, 1.807) is 0 Å². The molecule has 3 aliphatic heterocycles. The average Bonchev–Trinajstić information content (AvgIpc) is 3.40. The second-order valence-electron chi connectivity index (χ2n) is 10.7. The summed E-state index contributed by atoms with van der Waals surface area (Å²) in [5.74, 6) is -0.00449. The minimum absolute atomic E-state index is 0.0602. The van der Waals surface area contributed by atoms with E-state index in [2.05, 4.69) is 41.4 Å². The van der Waals surface area contributed by atoms with Crippen LogP contribution in [0, 0.1) is 12.3 Å². The summed E-state index contributed by atoms with van der Waals surface area (Å²) < 4.78 is 6.87. The summed E-state index contributed by atoms with van der Waals surface area (Å²) in [6, 6.07) is 33.5. The van der Waals surface area contributed by atoms with Gasteiger partial charge >= 0.3 is 0 Å². The van der Waals surface area contributed by atoms with Gasteiger partial charge in [0, 0.05) is 23.7 Å². The summed E-state index contributed by atoms with van der Waals surface area (Å²) in [7, 11) is 1.97. The smallest absolute Gasteiger partial charge is 0.250 e. The van der Waals surface area contributed by atoms with Crippen molar-refractivity contribution in [2.24, 2.45) is 5.41 Å². The molecule has 4 aromatic carbocycles. The zero-order valence-electron chi connectivity index (χ0n) is 21.3. The maximum absolute atomic E-state index is 15.3. The number of likely N-dealkylation sites (N-methyl/N-ethyl adjacent to an activating group) is 1. The second-order valence-corrected chi connectivity index (χ2v) is 10.7. The topological polar surface area (TPSA) is 58.6 Å². The Bertz CT molecular complexity index is 1580. The average molecular weight is 501 g/mol. The van der Waals surface area contributed by atoms with Gasteiger partial charge in [0.05, 0.1) is 5.56 Å². The maximum atomic E-state index is 15.3. The predicted octanol–water partition coefficient (Wildman–Crippen LogP) is 5.87. The van der Waals surface area contributed by atoms with E-state index < -0.39 is 17.1 Å². The van der Waals surface area contributed by atoms with Crippen LogP contribution in [0.5, 0.6) is 5.75 Å². The molecule has 5 nitrogen and oxygen atoms in total. The summed E-state index contributed by atoms with van der Waals surface area (Å²) in [5, 5.41) is 3.14. The number of Topliss-reactive ketones (excluding diaryl/α,β-unsaturated/α-hetero) is 1. The van der Waals surface area contributed by atoms with Gasteiger partial charge in [-0.05, 0) is 43.3 Å². The molecule has 4 aromatic rings. The quantitative estimate of drug-likeness (QED) is 0.374. The number of ketones is 1. The monoisotopic (exact) mass is 500 g/mol. The Morgan fingerprint density at radius 3 is 2.29 bits per heavy atom. The van der Waals surface area contributed by atoms with Gasteiger partial charge in [-0.15, -0.1) is 0 Å². The van der Waals surface area contributed by atoms with E-state index in [1.807, 2.05) is 85.9 Å². The van der Waals surface area contributed by atoms with Gasteiger partial charge in [0.1, 0.15) is 22.8 Å². The highest BCUT2D eigenvalue weighted by atomic mass is 16.5. The van der Waals surface area contributed by atoms with Crippen molar-refractivity contribution in [1.29, 1.82) is 0 Å². The number of aryl methyl sites for hydroxylation is 1. The Morgan fingerprint density at radius 2 is 1.50 bits per heavy atom. The fourth-order valence-electron chi connectivity index (χ4n) is 7.29. The molecule has 0 aromatic heterocycles. The van der Waals surface area contributed by atoms with Crippen molar-refractivity contribution in [1.82, 2.24) is 4.90 Å². The lowest BCUT2D eigenvalue weighted by Gasteiger charge is -2.52. The van der Waals surface area contributed by atoms with Crippen LogP contribution in [0.15, 0.2) is 103 Å². The van der Waals surface area contributed by atoms with E-state index in [-0.39, 0.29) is 17.6 Å². The number of benzene rings is 4. The van der Waals surface area contributed by atoms with Gasteiger partial charge in [-0.1, -0.05) is 90.5 Å². The summed E-state index contributed by atoms with van der Waals surface area (Å²) >= 11 is 0. The van der Waals surface area contributed by atoms with Crippen LogP contribution in [0.1, 0.15) is 44.6 Å². The Labute approximate surface area is 222 Å². The van der Waals surface area contributed by atoms with Gasteiger partial charge in [0.2, 0.25) is 0 Å². The molecule has 0 saturated carbocycles. The van der Waals surface area contributed by atoms with Gasteiger partial charge in [-0.25, -0.2) is 0 Å². The summed E-state index contributed by atoms with van der Waals surface area (Å²) in [5.41, 5.74) is 2.57. The number of nitrogens with one attached hydrogen (secondary N) is 1. The van der Waals surface area contributed by atoms with E-state index in [4.69, 9.17) is 4.74 Å². The van der Waals surface area contributed by atoms with Gasteiger partial charge in [0.25, 0.3) is 5.91 Å². The van der Waals surface area contributed by atoms with Gasteiger partial charge in [0.15, 0.2) is 5.78 Å². The molecule has 38 heavy (non-hydrogen) atoms. The third-order valence-corrected chi connectivity index (χ3v) is 8.82. The number of ether oxygens (including phenoxy) is 1.